The van der Waals surface area contributed by atoms with Gasteiger partial charge in [-0.25, -0.2) is 0 Å². The van der Waals surface area contributed by atoms with Gasteiger partial charge in [0, 0.05) is 15.5 Å². The lowest BCUT2D eigenvalue weighted by atomic mass is 9.81. The zero-order valence-corrected chi connectivity index (χ0v) is 12.8. The van der Waals surface area contributed by atoms with Crippen LogP contribution >= 0.6 is 39.9 Å². The summed E-state index contributed by atoms with van der Waals surface area (Å²) in [4.78, 5) is 0. The van der Waals surface area contributed by atoms with Crippen molar-refractivity contribution in [2.75, 3.05) is 0 Å². The van der Waals surface area contributed by atoms with E-state index >= 15 is 0 Å². The van der Waals surface area contributed by atoms with Crippen molar-refractivity contribution in [2.45, 2.75) is 38.1 Å². The van der Waals surface area contributed by atoms with E-state index in [2.05, 4.69) is 15.9 Å². The van der Waals surface area contributed by atoms with Gasteiger partial charge in [-0.05, 0) is 36.5 Å². The third kappa shape index (κ3) is 3.85. The predicted octanol–water partition coefficient (Wildman–Crippen LogP) is 5.10. The number of rotatable bonds is 2. The van der Waals surface area contributed by atoms with Crippen LogP contribution in [-0.4, -0.2) is 0 Å². The first-order chi connectivity index (χ1) is 7.68. The fourth-order valence-electron chi connectivity index (χ4n) is 2.52. The Kier molecular flexibility index (Phi) is 6.28. The van der Waals surface area contributed by atoms with Gasteiger partial charge in [0.05, 0.1) is 0 Å². The van der Waals surface area contributed by atoms with Crippen molar-refractivity contribution >= 4 is 39.9 Å². The average molecular weight is 339 g/mol. The van der Waals surface area contributed by atoms with Gasteiger partial charge in [0.1, 0.15) is 0 Å². The van der Waals surface area contributed by atoms with Crippen LogP contribution in [0.2, 0.25) is 5.02 Å². The Balaban J connectivity index is 0.00000144. The second-order valence-electron chi connectivity index (χ2n) is 4.59. The summed E-state index contributed by atoms with van der Waals surface area (Å²) >= 11 is 9.49. The first kappa shape index (κ1) is 15.3. The Labute approximate surface area is 123 Å². The van der Waals surface area contributed by atoms with Gasteiger partial charge in [0.2, 0.25) is 0 Å². The number of nitrogens with two attached hydrogens (primary N) is 1. The highest BCUT2D eigenvalue weighted by atomic mass is 79.9. The Morgan fingerprint density at radius 1 is 1.24 bits per heavy atom. The van der Waals surface area contributed by atoms with Gasteiger partial charge in [-0.2, -0.15) is 0 Å². The molecule has 4 heteroatoms. The lowest BCUT2D eigenvalue weighted by Gasteiger charge is -2.28. The molecule has 1 aromatic carbocycles. The Morgan fingerprint density at radius 3 is 2.47 bits per heavy atom. The quantitative estimate of drug-likeness (QED) is 0.797. The van der Waals surface area contributed by atoms with Gasteiger partial charge in [-0.1, -0.05) is 52.9 Å². The van der Waals surface area contributed by atoms with Crippen molar-refractivity contribution in [1.29, 1.82) is 0 Å². The smallest absolute Gasteiger partial charge is 0.0417 e. The highest BCUT2D eigenvalue weighted by Crippen LogP contribution is 2.36. The maximum Gasteiger partial charge on any atom is 0.0417 e. The minimum Gasteiger partial charge on any atom is -0.324 e. The Bertz CT molecular complexity index is 364. The summed E-state index contributed by atoms with van der Waals surface area (Å²) < 4.78 is 1.04. The van der Waals surface area contributed by atoms with Crippen LogP contribution in [0.3, 0.4) is 0 Å². The molecule has 2 rings (SSSR count). The zero-order chi connectivity index (χ0) is 11.5. The van der Waals surface area contributed by atoms with Crippen LogP contribution in [0.5, 0.6) is 0 Å². The van der Waals surface area contributed by atoms with Crippen molar-refractivity contribution in [1.82, 2.24) is 0 Å². The molecular formula is C13H18BrCl2N. The summed E-state index contributed by atoms with van der Waals surface area (Å²) in [5.74, 6) is 0.631. The molecule has 0 bridgehead atoms. The van der Waals surface area contributed by atoms with Gasteiger partial charge >= 0.3 is 0 Å². The second kappa shape index (κ2) is 6.98. The van der Waals surface area contributed by atoms with Crippen LogP contribution in [-0.2, 0) is 0 Å². The molecule has 1 nitrogen and oxygen atoms in total. The van der Waals surface area contributed by atoms with E-state index in [9.17, 15) is 0 Å². The van der Waals surface area contributed by atoms with Crippen molar-refractivity contribution in [3.63, 3.8) is 0 Å². The topological polar surface area (TPSA) is 26.0 Å². The molecule has 0 heterocycles. The average Bonchev–Trinajstić information content (AvgIpc) is 2.29. The van der Waals surface area contributed by atoms with E-state index in [1.807, 2.05) is 18.2 Å². The SMILES string of the molecule is Cl.N[C@H](c1ccc(Cl)cc1Br)C1CCCCC1. The third-order valence-electron chi connectivity index (χ3n) is 3.48. The van der Waals surface area contributed by atoms with Crippen LogP contribution in [0, 0.1) is 5.92 Å². The summed E-state index contributed by atoms with van der Waals surface area (Å²) in [6.45, 7) is 0. The number of halogens is 3. The first-order valence-corrected chi connectivity index (χ1v) is 7.06. The number of benzene rings is 1. The van der Waals surface area contributed by atoms with Crippen LogP contribution in [0.4, 0.5) is 0 Å². The molecule has 1 fully saturated rings. The summed E-state index contributed by atoms with van der Waals surface area (Å²) in [6, 6.07) is 6.04. The molecule has 1 aliphatic rings. The molecule has 0 unspecified atom stereocenters. The molecule has 0 saturated heterocycles. The van der Waals surface area contributed by atoms with Gasteiger partial charge in [0.25, 0.3) is 0 Å². The largest absolute Gasteiger partial charge is 0.324 e. The van der Waals surface area contributed by atoms with Crippen LogP contribution in [0.25, 0.3) is 0 Å². The summed E-state index contributed by atoms with van der Waals surface area (Å²) in [5.41, 5.74) is 7.54. The maximum absolute atomic E-state index is 6.35. The minimum absolute atomic E-state index is 0. The molecule has 0 aromatic heterocycles. The van der Waals surface area contributed by atoms with E-state index in [0.717, 1.165) is 9.50 Å². The Hall–Kier alpha value is 0.240. The Morgan fingerprint density at radius 2 is 1.88 bits per heavy atom. The normalized spacial score (nSPS) is 18.5. The van der Waals surface area contributed by atoms with Crippen LogP contribution in [0.1, 0.15) is 43.7 Å². The minimum atomic E-state index is 0. The van der Waals surface area contributed by atoms with E-state index in [4.69, 9.17) is 17.3 Å². The van der Waals surface area contributed by atoms with Gasteiger partial charge in [-0.15, -0.1) is 12.4 Å². The number of hydrogen-bond donors (Lipinski definition) is 1. The van der Waals surface area contributed by atoms with Crippen LogP contribution in [0.15, 0.2) is 22.7 Å². The van der Waals surface area contributed by atoms with E-state index in [1.54, 1.807) is 0 Å². The summed E-state index contributed by atoms with van der Waals surface area (Å²) in [7, 11) is 0. The molecule has 1 aromatic rings. The molecule has 0 spiro atoms. The zero-order valence-electron chi connectivity index (χ0n) is 9.66. The highest BCUT2D eigenvalue weighted by Gasteiger charge is 2.23. The van der Waals surface area contributed by atoms with E-state index in [0.29, 0.717) is 5.92 Å². The first-order valence-electron chi connectivity index (χ1n) is 5.89. The molecule has 17 heavy (non-hydrogen) atoms. The monoisotopic (exact) mass is 337 g/mol. The summed E-state index contributed by atoms with van der Waals surface area (Å²) in [6.07, 6.45) is 6.53. The summed E-state index contributed by atoms with van der Waals surface area (Å²) in [5, 5.41) is 0.756. The molecule has 0 amide bonds. The maximum atomic E-state index is 6.35. The van der Waals surface area contributed by atoms with E-state index in [-0.39, 0.29) is 18.4 Å². The fraction of sp³-hybridized carbons (Fsp3) is 0.538. The van der Waals surface area contributed by atoms with Crippen molar-refractivity contribution in [3.05, 3.63) is 33.3 Å². The standard InChI is InChI=1S/C13H17BrClN.ClH/c14-12-8-10(15)6-7-11(12)13(16)9-4-2-1-3-5-9;/h6-9,13H,1-5,16H2;1H/t13-;/m0./s1. The predicted molar refractivity (Wildman–Crippen MR) is 79.9 cm³/mol. The molecule has 1 saturated carbocycles. The van der Waals surface area contributed by atoms with E-state index in [1.165, 1.54) is 37.7 Å². The van der Waals surface area contributed by atoms with Crippen molar-refractivity contribution in [2.24, 2.45) is 11.7 Å². The van der Waals surface area contributed by atoms with Gasteiger partial charge in [-0.3, -0.25) is 0 Å². The molecule has 2 N–H and O–H groups in total. The van der Waals surface area contributed by atoms with Crippen molar-refractivity contribution in [3.8, 4) is 0 Å². The van der Waals surface area contributed by atoms with Crippen LogP contribution < -0.4 is 5.73 Å². The fourth-order valence-corrected chi connectivity index (χ4v) is 3.47. The lowest BCUT2D eigenvalue weighted by molar-refractivity contribution is 0.307. The molecule has 1 atom stereocenters. The molecule has 0 radical (unpaired) electrons. The van der Waals surface area contributed by atoms with E-state index < -0.39 is 0 Å². The molecular weight excluding hydrogens is 321 g/mol. The highest BCUT2D eigenvalue weighted by molar-refractivity contribution is 9.10. The molecule has 96 valence electrons. The molecule has 1 aliphatic carbocycles. The van der Waals surface area contributed by atoms with Gasteiger partial charge < -0.3 is 5.73 Å². The molecule has 0 aliphatic heterocycles. The third-order valence-corrected chi connectivity index (χ3v) is 4.40. The lowest BCUT2D eigenvalue weighted by Crippen LogP contribution is -2.23. The second-order valence-corrected chi connectivity index (χ2v) is 5.88. The van der Waals surface area contributed by atoms with Crippen molar-refractivity contribution < 1.29 is 0 Å². The number of hydrogen-bond acceptors (Lipinski definition) is 1. The van der Waals surface area contributed by atoms with Gasteiger partial charge in [0.15, 0.2) is 0 Å².